The number of carbonyl (C=O) groups is 2. The fourth-order valence-electron chi connectivity index (χ4n) is 2.48. The topological polar surface area (TPSA) is 103 Å². The number of anilines is 1. The second kappa shape index (κ2) is 8.72. The number of methoxy groups -OCH3 is 2. The number of amides is 2. The SMILES string of the molecule is COc1ccc(OC)c(NC(=O)c2cncc(C(=O)NCc3ccco3)c2)c1. The van der Waals surface area contributed by atoms with Gasteiger partial charge in [-0.1, -0.05) is 0 Å². The summed E-state index contributed by atoms with van der Waals surface area (Å²) in [5.41, 5.74) is 0.937. The number of benzene rings is 1. The second-order valence-corrected chi connectivity index (χ2v) is 5.74. The lowest BCUT2D eigenvalue weighted by atomic mass is 10.1. The molecule has 28 heavy (non-hydrogen) atoms. The summed E-state index contributed by atoms with van der Waals surface area (Å²) < 4.78 is 15.6. The summed E-state index contributed by atoms with van der Waals surface area (Å²) in [6, 6.07) is 10.0. The fraction of sp³-hybridized carbons (Fsp3) is 0.150. The third kappa shape index (κ3) is 4.47. The number of hydrogen-bond acceptors (Lipinski definition) is 6. The van der Waals surface area contributed by atoms with Crippen molar-refractivity contribution in [3.05, 3.63) is 71.9 Å². The highest BCUT2D eigenvalue weighted by Gasteiger charge is 2.14. The molecule has 0 fully saturated rings. The molecule has 0 spiro atoms. The van der Waals surface area contributed by atoms with Crippen LogP contribution in [0.1, 0.15) is 26.5 Å². The van der Waals surface area contributed by atoms with Gasteiger partial charge in [-0.05, 0) is 30.3 Å². The van der Waals surface area contributed by atoms with Gasteiger partial charge < -0.3 is 24.5 Å². The number of rotatable bonds is 7. The van der Waals surface area contributed by atoms with Crippen LogP contribution in [0, 0.1) is 0 Å². The molecule has 0 saturated carbocycles. The Kier molecular flexibility index (Phi) is 5.91. The van der Waals surface area contributed by atoms with Crippen molar-refractivity contribution in [3.8, 4) is 11.5 Å². The van der Waals surface area contributed by atoms with Crippen LogP contribution in [-0.2, 0) is 6.54 Å². The first-order chi connectivity index (χ1) is 13.6. The minimum Gasteiger partial charge on any atom is -0.497 e. The van der Waals surface area contributed by atoms with E-state index in [1.54, 1.807) is 30.3 Å². The Labute approximate surface area is 161 Å². The van der Waals surface area contributed by atoms with Crippen molar-refractivity contribution in [1.82, 2.24) is 10.3 Å². The predicted molar refractivity (Wildman–Crippen MR) is 102 cm³/mol. The summed E-state index contributed by atoms with van der Waals surface area (Å²) in [6.45, 7) is 0.239. The van der Waals surface area contributed by atoms with Crippen LogP contribution in [0.25, 0.3) is 0 Å². The molecule has 2 aromatic heterocycles. The monoisotopic (exact) mass is 381 g/mol. The zero-order valence-electron chi connectivity index (χ0n) is 15.4. The van der Waals surface area contributed by atoms with Crippen LogP contribution >= 0.6 is 0 Å². The van der Waals surface area contributed by atoms with Gasteiger partial charge in [-0.2, -0.15) is 0 Å². The van der Waals surface area contributed by atoms with Crippen LogP contribution in [0.4, 0.5) is 5.69 Å². The molecule has 0 unspecified atom stereocenters. The second-order valence-electron chi connectivity index (χ2n) is 5.74. The van der Waals surface area contributed by atoms with Crippen molar-refractivity contribution >= 4 is 17.5 Å². The molecule has 1 aromatic carbocycles. The van der Waals surface area contributed by atoms with Gasteiger partial charge in [-0.25, -0.2) is 0 Å². The lowest BCUT2D eigenvalue weighted by molar-refractivity contribution is 0.0947. The van der Waals surface area contributed by atoms with Crippen molar-refractivity contribution in [2.24, 2.45) is 0 Å². The van der Waals surface area contributed by atoms with Crippen molar-refractivity contribution in [2.45, 2.75) is 6.54 Å². The van der Waals surface area contributed by atoms with Gasteiger partial charge in [0.05, 0.1) is 43.8 Å². The molecule has 0 aliphatic carbocycles. The first-order valence-corrected chi connectivity index (χ1v) is 8.39. The highest BCUT2D eigenvalue weighted by atomic mass is 16.5. The van der Waals surface area contributed by atoms with E-state index in [2.05, 4.69) is 15.6 Å². The maximum Gasteiger partial charge on any atom is 0.257 e. The molecule has 3 rings (SSSR count). The lowest BCUT2D eigenvalue weighted by Gasteiger charge is -2.12. The van der Waals surface area contributed by atoms with E-state index in [4.69, 9.17) is 13.9 Å². The van der Waals surface area contributed by atoms with Gasteiger partial charge in [0, 0.05) is 18.5 Å². The van der Waals surface area contributed by atoms with E-state index >= 15 is 0 Å². The van der Waals surface area contributed by atoms with E-state index in [1.165, 1.54) is 38.9 Å². The van der Waals surface area contributed by atoms with E-state index in [1.807, 2.05) is 0 Å². The smallest absolute Gasteiger partial charge is 0.257 e. The van der Waals surface area contributed by atoms with Crippen LogP contribution in [0.15, 0.2) is 59.5 Å². The molecule has 2 heterocycles. The minimum atomic E-state index is -0.431. The summed E-state index contributed by atoms with van der Waals surface area (Å²) in [7, 11) is 3.03. The van der Waals surface area contributed by atoms with Crippen molar-refractivity contribution in [1.29, 1.82) is 0 Å². The lowest BCUT2D eigenvalue weighted by Crippen LogP contribution is -2.23. The zero-order chi connectivity index (χ0) is 19.9. The Bertz CT molecular complexity index is 970. The average molecular weight is 381 g/mol. The predicted octanol–water partition coefficient (Wildman–Crippen LogP) is 2.87. The standard InChI is InChI=1S/C20H19N3O5/c1-26-15-5-6-18(27-2)17(9-15)23-20(25)14-8-13(10-21-11-14)19(24)22-12-16-4-3-7-28-16/h3-11H,12H2,1-2H3,(H,22,24)(H,23,25). The minimum absolute atomic E-state index is 0.232. The van der Waals surface area contributed by atoms with Crippen molar-refractivity contribution in [3.63, 3.8) is 0 Å². The Balaban J connectivity index is 1.72. The number of nitrogens with one attached hydrogen (secondary N) is 2. The van der Waals surface area contributed by atoms with Crippen LogP contribution in [-0.4, -0.2) is 31.0 Å². The normalized spacial score (nSPS) is 10.2. The van der Waals surface area contributed by atoms with E-state index in [0.717, 1.165) is 0 Å². The molecule has 0 saturated heterocycles. The number of pyridine rings is 1. The third-order valence-corrected chi connectivity index (χ3v) is 3.92. The number of carbonyl (C=O) groups excluding carboxylic acids is 2. The highest BCUT2D eigenvalue weighted by Crippen LogP contribution is 2.29. The molecule has 3 aromatic rings. The largest absolute Gasteiger partial charge is 0.497 e. The van der Waals surface area contributed by atoms with E-state index < -0.39 is 5.91 Å². The third-order valence-electron chi connectivity index (χ3n) is 3.92. The van der Waals surface area contributed by atoms with Gasteiger partial charge in [-0.15, -0.1) is 0 Å². The first-order valence-electron chi connectivity index (χ1n) is 8.39. The molecule has 2 amide bonds. The summed E-state index contributed by atoms with van der Waals surface area (Å²) in [6.07, 6.45) is 4.30. The maximum atomic E-state index is 12.6. The van der Waals surface area contributed by atoms with Crippen molar-refractivity contribution < 1.29 is 23.5 Å². The molecule has 0 bridgehead atoms. The molecule has 2 N–H and O–H groups in total. The summed E-state index contributed by atoms with van der Waals surface area (Å²) in [4.78, 5) is 28.9. The van der Waals surface area contributed by atoms with Gasteiger partial charge >= 0.3 is 0 Å². The molecular weight excluding hydrogens is 362 g/mol. The number of hydrogen-bond donors (Lipinski definition) is 2. The Morgan fingerprint density at radius 2 is 1.82 bits per heavy atom. The van der Waals surface area contributed by atoms with Crippen LogP contribution in [0.3, 0.4) is 0 Å². The molecule has 8 nitrogen and oxygen atoms in total. The van der Waals surface area contributed by atoms with Crippen LogP contribution < -0.4 is 20.1 Å². The Hall–Kier alpha value is -3.81. The van der Waals surface area contributed by atoms with E-state index in [9.17, 15) is 9.59 Å². The molecule has 0 aliphatic rings. The van der Waals surface area contributed by atoms with Crippen LogP contribution in [0.5, 0.6) is 11.5 Å². The Morgan fingerprint density at radius 3 is 2.50 bits per heavy atom. The quantitative estimate of drug-likeness (QED) is 0.652. The van der Waals surface area contributed by atoms with Gasteiger partial charge in [0.1, 0.15) is 17.3 Å². The fourth-order valence-corrected chi connectivity index (χ4v) is 2.48. The maximum absolute atomic E-state index is 12.6. The van der Waals surface area contributed by atoms with Crippen molar-refractivity contribution in [2.75, 3.05) is 19.5 Å². The zero-order valence-corrected chi connectivity index (χ0v) is 15.4. The van der Waals surface area contributed by atoms with E-state index in [-0.39, 0.29) is 23.6 Å². The van der Waals surface area contributed by atoms with Gasteiger partial charge in [0.25, 0.3) is 11.8 Å². The molecular formula is C20H19N3O5. The highest BCUT2D eigenvalue weighted by molar-refractivity contribution is 6.06. The summed E-state index contributed by atoms with van der Waals surface area (Å²) >= 11 is 0. The van der Waals surface area contributed by atoms with Crippen LogP contribution in [0.2, 0.25) is 0 Å². The number of aromatic nitrogens is 1. The van der Waals surface area contributed by atoms with Gasteiger partial charge in [0.2, 0.25) is 0 Å². The molecule has 0 atom stereocenters. The number of furan rings is 1. The summed E-state index contributed by atoms with van der Waals surface area (Å²) in [5.74, 6) is 0.882. The average Bonchev–Trinajstić information content (AvgIpc) is 3.25. The van der Waals surface area contributed by atoms with Gasteiger partial charge in [-0.3, -0.25) is 14.6 Å². The van der Waals surface area contributed by atoms with E-state index in [0.29, 0.717) is 22.9 Å². The molecule has 0 aliphatic heterocycles. The summed E-state index contributed by atoms with van der Waals surface area (Å²) in [5, 5.41) is 5.45. The van der Waals surface area contributed by atoms with Gasteiger partial charge in [0.15, 0.2) is 0 Å². The first kappa shape index (κ1) is 19.0. The number of nitrogens with zero attached hydrogens (tertiary/aromatic N) is 1. The molecule has 144 valence electrons. The molecule has 8 heteroatoms. The molecule has 0 radical (unpaired) electrons. The Morgan fingerprint density at radius 1 is 1.04 bits per heavy atom. The number of ether oxygens (including phenoxy) is 2.